The van der Waals surface area contributed by atoms with Gasteiger partial charge >= 0.3 is 0 Å². The zero-order valence-electron chi connectivity index (χ0n) is 12.1. The molecular formula is C18H17NO2. The van der Waals surface area contributed by atoms with Gasteiger partial charge in [-0.3, -0.25) is 0 Å². The van der Waals surface area contributed by atoms with Crippen LogP contribution < -0.4 is 9.47 Å². The molecule has 0 saturated heterocycles. The average Bonchev–Trinajstić information content (AvgIpc) is 2.95. The van der Waals surface area contributed by atoms with Gasteiger partial charge in [0.1, 0.15) is 11.5 Å². The van der Waals surface area contributed by atoms with Gasteiger partial charge in [0.15, 0.2) is 0 Å². The highest BCUT2D eigenvalue weighted by atomic mass is 16.5. The predicted molar refractivity (Wildman–Crippen MR) is 86.8 cm³/mol. The fourth-order valence-corrected chi connectivity index (χ4v) is 2.45. The summed E-state index contributed by atoms with van der Waals surface area (Å²) in [6.07, 6.45) is 6.09. The van der Waals surface area contributed by atoms with Crippen LogP contribution in [0.1, 0.15) is 11.1 Å². The smallest absolute Gasteiger partial charge is 0.129 e. The monoisotopic (exact) mass is 279 g/mol. The molecule has 1 heterocycles. The average molecular weight is 279 g/mol. The summed E-state index contributed by atoms with van der Waals surface area (Å²) in [5, 5.41) is 1.20. The number of H-pyrrole nitrogens is 1. The molecule has 3 aromatic rings. The van der Waals surface area contributed by atoms with E-state index in [0.717, 1.165) is 28.1 Å². The van der Waals surface area contributed by atoms with E-state index >= 15 is 0 Å². The highest BCUT2D eigenvalue weighted by Crippen LogP contribution is 2.30. The Morgan fingerprint density at radius 3 is 2.29 bits per heavy atom. The van der Waals surface area contributed by atoms with Crippen molar-refractivity contribution in [2.75, 3.05) is 14.2 Å². The first-order valence-electron chi connectivity index (χ1n) is 6.78. The van der Waals surface area contributed by atoms with Crippen LogP contribution in [0.25, 0.3) is 23.1 Å². The molecule has 0 bridgehead atoms. The maximum absolute atomic E-state index is 5.41. The quantitative estimate of drug-likeness (QED) is 0.770. The van der Waals surface area contributed by atoms with Crippen LogP contribution in [0.4, 0.5) is 0 Å². The van der Waals surface area contributed by atoms with Gasteiger partial charge in [0.2, 0.25) is 0 Å². The number of aromatic amines is 1. The SMILES string of the molecule is COc1cccc(OC)c1/C=C/c1c[nH]c2ccccc12. The van der Waals surface area contributed by atoms with Crippen LogP contribution in [0.5, 0.6) is 11.5 Å². The molecule has 1 aromatic heterocycles. The minimum atomic E-state index is 0.797. The number of nitrogens with one attached hydrogen (secondary N) is 1. The molecule has 0 atom stereocenters. The first-order chi connectivity index (χ1) is 10.3. The van der Waals surface area contributed by atoms with Crippen molar-refractivity contribution in [1.29, 1.82) is 0 Å². The fraction of sp³-hybridized carbons (Fsp3) is 0.111. The van der Waals surface area contributed by atoms with Gasteiger partial charge in [0.05, 0.1) is 19.8 Å². The summed E-state index contributed by atoms with van der Waals surface area (Å²) in [7, 11) is 3.33. The van der Waals surface area contributed by atoms with Crippen molar-refractivity contribution in [3.05, 3.63) is 59.8 Å². The van der Waals surface area contributed by atoms with E-state index in [4.69, 9.17) is 9.47 Å². The zero-order chi connectivity index (χ0) is 14.7. The molecule has 0 aliphatic carbocycles. The Labute approximate surface area is 123 Å². The Hall–Kier alpha value is -2.68. The van der Waals surface area contributed by atoms with Gasteiger partial charge < -0.3 is 14.5 Å². The molecule has 0 aliphatic rings. The molecule has 3 nitrogen and oxygen atoms in total. The number of benzene rings is 2. The van der Waals surface area contributed by atoms with E-state index in [1.54, 1.807) is 14.2 Å². The maximum atomic E-state index is 5.41. The van der Waals surface area contributed by atoms with Crippen molar-refractivity contribution in [2.45, 2.75) is 0 Å². The molecule has 3 heteroatoms. The number of fused-ring (bicyclic) bond motifs is 1. The molecule has 2 aromatic carbocycles. The summed E-state index contributed by atoms with van der Waals surface area (Å²) in [6, 6.07) is 14.0. The Balaban J connectivity index is 2.03. The number of methoxy groups -OCH3 is 2. The van der Waals surface area contributed by atoms with Gasteiger partial charge in [0.25, 0.3) is 0 Å². The lowest BCUT2D eigenvalue weighted by molar-refractivity contribution is 0.392. The number of rotatable bonds is 4. The minimum Gasteiger partial charge on any atom is -0.496 e. The molecule has 0 radical (unpaired) electrons. The molecule has 106 valence electrons. The second-order valence-electron chi connectivity index (χ2n) is 4.70. The van der Waals surface area contributed by atoms with Crippen molar-refractivity contribution in [1.82, 2.24) is 4.98 Å². The first kappa shape index (κ1) is 13.3. The third kappa shape index (κ3) is 2.50. The van der Waals surface area contributed by atoms with Gasteiger partial charge in [-0.15, -0.1) is 0 Å². The normalized spacial score (nSPS) is 11.1. The van der Waals surface area contributed by atoms with E-state index in [1.165, 1.54) is 5.39 Å². The van der Waals surface area contributed by atoms with Crippen molar-refractivity contribution >= 4 is 23.1 Å². The summed E-state index contributed by atoms with van der Waals surface area (Å²) >= 11 is 0. The van der Waals surface area contributed by atoms with Crippen molar-refractivity contribution in [3.8, 4) is 11.5 Å². The fourth-order valence-electron chi connectivity index (χ4n) is 2.45. The van der Waals surface area contributed by atoms with E-state index in [0.29, 0.717) is 0 Å². The first-order valence-corrected chi connectivity index (χ1v) is 6.78. The summed E-state index contributed by atoms with van der Waals surface area (Å²) in [4.78, 5) is 3.27. The topological polar surface area (TPSA) is 34.2 Å². The summed E-state index contributed by atoms with van der Waals surface area (Å²) in [5.74, 6) is 1.59. The minimum absolute atomic E-state index is 0.797. The van der Waals surface area contributed by atoms with E-state index in [2.05, 4.69) is 23.2 Å². The highest BCUT2D eigenvalue weighted by molar-refractivity contribution is 5.92. The molecule has 0 aliphatic heterocycles. The number of aromatic nitrogens is 1. The molecular weight excluding hydrogens is 262 g/mol. The second kappa shape index (κ2) is 5.75. The third-order valence-corrected chi connectivity index (χ3v) is 3.52. The number of ether oxygens (including phenoxy) is 2. The number of hydrogen-bond donors (Lipinski definition) is 1. The maximum Gasteiger partial charge on any atom is 0.129 e. The number of hydrogen-bond acceptors (Lipinski definition) is 2. The molecule has 0 unspecified atom stereocenters. The lowest BCUT2D eigenvalue weighted by Gasteiger charge is -2.09. The largest absolute Gasteiger partial charge is 0.496 e. The van der Waals surface area contributed by atoms with Crippen LogP contribution in [0, 0.1) is 0 Å². The van der Waals surface area contributed by atoms with Gasteiger partial charge in [-0.1, -0.05) is 30.3 Å². The molecule has 0 amide bonds. The molecule has 3 rings (SSSR count). The Bertz CT molecular complexity index is 765. The van der Waals surface area contributed by atoms with Crippen LogP contribution >= 0.6 is 0 Å². The van der Waals surface area contributed by atoms with Gasteiger partial charge in [0, 0.05) is 17.1 Å². The highest BCUT2D eigenvalue weighted by Gasteiger charge is 2.06. The van der Waals surface area contributed by atoms with Gasteiger partial charge in [-0.2, -0.15) is 0 Å². The third-order valence-electron chi connectivity index (χ3n) is 3.52. The van der Waals surface area contributed by atoms with E-state index in [1.807, 2.05) is 42.6 Å². The van der Waals surface area contributed by atoms with Crippen LogP contribution in [0.2, 0.25) is 0 Å². The summed E-state index contributed by atoms with van der Waals surface area (Å²) < 4.78 is 10.8. The zero-order valence-corrected chi connectivity index (χ0v) is 12.1. The Morgan fingerprint density at radius 2 is 1.57 bits per heavy atom. The molecule has 0 fully saturated rings. The predicted octanol–water partition coefficient (Wildman–Crippen LogP) is 4.36. The van der Waals surface area contributed by atoms with Crippen LogP contribution in [-0.4, -0.2) is 19.2 Å². The molecule has 0 spiro atoms. The number of para-hydroxylation sites is 1. The molecule has 21 heavy (non-hydrogen) atoms. The van der Waals surface area contributed by atoms with Crippen LogP contribution in [0.15, 0.2) is 48.7 Å². The lowest BCUT2D eigenvalue weighted by Crippen LogP contribution is -1.91. The standard InChI is InChI=1S/C18H17NO2/c1-20-17-8-5-9-18(21-2)15(17)11-10-13-12-19-16-7-4-3-6-14(13)16/h3-12,19H,1-2H3/b11-10+. The van der Waals surface area contributed by atoms with Gasteiger partial charge in [-0.25, -0.2) is 0 Å². The van der Waals surface area contributed by atoms with Crippen molar-refractivity contribution in [3.63, 3.8) is 0 Å². The Morgan fingerprint density at radius 1 is 0.857 bits per heavy atom. The lowest BCUT2D eigenvalue weighted by atomic mass is 10.1. The van der Waals surface area contributed by atoms with Crippen molar-refractivity contribution in [2.24, 2.45) is 0 Å². The summed E-state index contributed by atoms with van der Waals surface area (Å²) in [5.41, 5.74) is 3.20. The van der Waals surface area contributed by atoms with E-state index in [9.17, 15) is 0 Å². The Kier molecular flexibility index (Phi) is 3.65. The van der Waals surface area contributed by atoms with Gasteiger partial charge in [-0.05, 0) is 29.8 Å². The van der Waals surface area contributed by atoms with E-state index < -0.39 is 0 Å². The van der Waals surface area contributed by atoms with E-state index in [-0.39, 0.29) is 0 Å². The van der Waals surface area contributed by atoms with Crippen LogP contribution in [0.3, 0.4) is 0 Å². The van der Waals surface area contributed by atoms with Crippen molar-refractivity contribution < 1.29 is 9.47 Å². The van der Waals surface area contributed by atoms with Crippen LogP contribution in [-0.2, 0) is 0 Å². The second-order valence-corrected chi connectivity index (χ2v) is 4.70. The molecule has 0 saturated carbocycles. The summed E-state index contributed by atoms with van der Waals surface area (Å²) in [6.45, 7) is 0. The molecule has 1 N–H and O–H groups in total.